The first-order chi connectivity index (χ1) is 9.52. The largest absolute Gasteiger partial charge is 0.491 e. The van der Waals surface area contributed by atoms with Crippen molar-refractivity contribution in [2.75, 3.05) is 13.2 Å². The van der Waals surface area contributed by atoms with Crippen LogP contribution in [0.4, 0.5) is 0 Å². The molecule has 4 heteroatoms. The molecule has 0 saturated heterocycles. The summed E-state index contributed by atoms with van der Waals surface area (Å²) >= 11 is 0. The number of ether oxygens (including phenoxy) is 2. The third-order valence-corrected chi connectivity index (χ3v) is 2.77. The highest BCUT2D eigenvalue weighted by Crippen LogP contribution is 2.15. The van der Waals surface area contributed by atoms with Crippen LogP contribution in [0, 0.1) is 0 Å². The van der Waals surface area contributed by atoms with E-state index in [1.54, 1.807) is 6.92 Å². The second kappa shape index (κ2) is 8.59. The van der Waals surface area contributed by atoms with Gasteiger partial charge in [0.25, 0.3) is 0 Å². The zero-order valence-corrected chi connectivity index (χ0v) is 12.8. The minimum absolute atomic E-state index is 0.0681. The van der Waals surface area contributed by atoms with E-state index in [9.17, 15) is 4.79 Å². The van der Waals surface area contributed by atoms with Gasteiger partial charge in [0.05, 0.1) is 6.10 Å². The standard InChI is InChI=1S/C16H25NO3/c1-5-19-13(4)16(18)17-10-9-14-7-6-8-15(11-14)20-12(2)3/h6-8,11-13H,5,9-10H2,1-4H3,(H,17,18)/t13-/m1/s1. The van der Waals surface area contributed by atoms with Crippen molar-refractivity contribution in [2.45, 2.75) is 46.3 Å². The summed E-state index contributed by atoms with van der Waals surface area (Å²) in [7, 11) is 0. The van der Waals surface area contributed by atoms with Crippen molar-refractivity contribution in [1.29, 1.82) is 0 Å². The van der Waals surface area contributed by atoms with E-state index in [1.807, 2.05) is 45.0 Å². The van der Waals surface area contributed by atoms with Crippen molar-refractivity contribution < 1.29 is 14.3 Å². The maximum Gasteiger partial charge on any atom is 0.248 e. The van der Waals surface area contributed by atoms with Crippen LogP contribution in [0.25, 0.3) is 0 Å². The average Bonchev–Trinajstić information content (AvgIpc) is 2.38. The van der Waals surface area contributed by atoms with E-state index in [2.05, 4.69) is 5.32 Å². The Labute approximate surface area is 121 Å². The molecule has 1 amide bonds. The van der Waals surface area contributed by atoms with Gasteiger partial charge in [0.1, 0.15) is 11.9 Å². The number of carbonyl (C=O) groups is 1. The Morgan fingerprint density at radius 2 is 2.05 bits per heavy atom. The van der Waals surface area contributed by atoms with Crippen LogP contribution in [-0.4, -0.2) is 31.3 Å². The number of amides is 1. The summed E-state index contributed by atoms with van der Waals surface area (Å²) in [6.45, 7) is 8.79. The molecule has 0 aromatic heterocycles. The lowest BCUT2D eigenvalue weighted by Gasteiger charge is -2.13. The van der Waals surface area contributed by atoms with E-state index in [4.69, 9.17) is 9.47 Å². The summed E-state index contributed by atoms with van der Waals surface area (Å²) in [4.78, 5) is 11.7. The van der Waals surface area contributed by atoms with Gasteiger partial charge in [-0.05, 0) is 51.8 Å². The molecule has 0 fully saturated rings. The third-order valence-electron chi connectivity index (χ3n) is 2.77. The van der Waals surface area contributed by atoms with Crippen LogP contribution in [0.1, 0.15) is 33.3 Å². The Balaban J connectivity index is 2.40. The SMILES string of the molecule is CCO[C@H](C)C(=O)NCCc1cccc(OC(C)C)c1. The summed E-state index contributed by atoms with van der Waals surface area (Å²) in [6, 6.07) is 7.96. The molecular formula is C16H25NO3. The summed E-state index contributed by atoms with van der Waals surface area (Å²) in [5, 5.41) is 2.87. The molecular weight excluding hydrogens is 254 g/mol. The van der Waals surface area contributed by atoms with Crippen LogP contribution in [-0.2, 0) is 16.0 Å². The first kappa shape index (κ1) is 16.5. The van der Waals surface area contributed by atoms with Gasteiger partial charge in [-0.15, -0.1) is 0 Å². The first-order valence-corrected chi connectivity index (χ1v) is 7.17. The third kappa shape index (κ3) is 6.06. The van der Waals surface area contributed by atoms with Crippen LogP contribution in [0.15, 0.2) is 24.3 Å². The molecule has 1 aromatic carbocycles. The van der Waals surface area contributed by atoms with Crippen molar-refractivity contribution >= 4 is 5.91 Å². The predicted molar refractivity (Wildman–Crippen MR) is 80.0 cm³/mol. The highest BCUT2D eigenvalue weighted by Gasteiger charge is 2.11. The van der Waals surface area contributed by atoms with Gasteiger partial charge in [-0.1, -0.05) is 12.1 Å². The number of hydrogen-bond donors (Lipinski definition) is 1. The lowest BCUT2D eigenvalue weighted by atomic mass is 10.1. The van der Waals surface area contributed by atoms with Gasteiger partial charge in [0, 0.05) is 13.2 Å². The Bertz CT molecular complexity index is 418. The minimum atomic E-state index is -0.393. The van der Waals surface area contributed by atoms with Crippen molar-refractivity contribution in [3.8, 4) is 5.75 Å². The monoisotopic (exact) mass is 279 g/mol. The van der Waals surface area contributed by atoms with Crippen LogP contribution < -0.4 is 10.1 Å². The zero-order valence-electron chi connectivity index (χ0n) is 12.8. The molecule has 0 aliphatic rings. The second-order valence-electron chi connectivity index (χ2n) is 4.95. The highest BCUT2D eigenvalue weighted by atomic mass is 16.5. The number of hydrogen-bond acceptors (Lipinski definition) is 3. The number of benzene rings is 1. The van der Waals surface area contributed by atoms with Crippen molar-refractivity contribution in [1.82, 2.24) is 5.32 Å². The Morgan fingerprint density at radius 3 is 2.70 bits per heavy atom. The van der Waals surface area contributed by atoms with Gasteiger partial charge >= 0.3 is 0 Å². The molecule has 0 radical (unpaired) electrons. The fourth-order valence-corrected chi connectivity index (χ4v) is 1.85. The van der Waals surface area contributed by atoms with E-state index in [0.29, 0.717) is 13.2 Å². The van der Waals surface area contributed by atoms with Gasteiger partial charge in [-0.3, -0.25) is 4.79 Å². The van der Waals surface area contributed by atoms with Crippen molar-refractivity contribution in [2.24, 2.45) is 0 Å². The normalized spacial score (nSPS) is 12.2. The smallest absolute Gasteiger partial charge is 0.248 e. The van der Waals surface area contributed by atoms with Crippen LogP contribution in [0.2, 0.25) is 0 Å². The molecule has 0 aliphatic heterocycles. The molecule has 1 aromatic rings. The Hall–Kier alpha value is -1.55. The molecule has 0 unspecified atom stereocenters. The van der Waals surface area contributed by atoms with Crippen LogP contribution >= 0.6 is 0 Å². The quantitative estimate of drug-likeness (QED) is 0.795. The molecule has 0 aliphatic carbocycles. The molecule has 0 bridgehead atoms. The molecule has 0 heterocycles. The maximum atomic E-state index is 11.7. The summed E-state index contributed by atoms with van der Waals surface area (Å²) in [5.41, 5.74) is 1.15. The van der Waals surface area contributed by atoms with Crippen LogP contribution in [0.3, 0.4) is 0 Å². The molecule has 1 rings (SSSR count). The van der Waals surface area contributed by atoms with Gasteiger partial charge in [0.15, 0.2) is 0 Å². The van der Waals surface area contributed by atoms with Gasteiger partial charge < -0.3 is 14.8 Å². The highest BCUT2D eigenvalue weighted by molar-refractivity contribution is 5.80. The van der Waals surface area contributed by atoms with Gasteiger partial charge in [-0.25, -0.2) is 0 Å². The fraction of sp³-hybridized carbons (Fsp3) is 0.562. The summed E-state index contributed by atoms with van der Waals surface area (Å²) in [6.07, 6.45) is 0.549. The molecule has 4 nitrogen and oxygen atoms in total. The van der Waals surface area contributed by atoms with Gasteiger partial charge in [0.2, 0.25) is 5.91 Å². The summed E-state index contributed by atoms with van der Waals surface area (Å²) in [5.74, 6) is 0.799. The molecule has 20 heavy (non-hydrogen) atoms. The van der Waals surface area contributed by atoms with E-state index >= 15 is 0 Å². The molecule has 1 N–H and O–H groups in total. The van der Waals surface area contributed by atoms with E-state index in [-0.39, 0.29) is 12.0 Å². The van der Waals surface area contributed by atoms with Gasteiger partial charge in [-0.2, -0.15) is 0 Å². The van der Waals surface area contributed by atoms with Crippen LogP contribution in [0.5, 0.6) is 5.75 Å². The zero-order chi connectivity index (χ0) is 15.0. The number of nitrogens with one attached hydrogen (secondary N) is 1. The van der Waals surface area contributed by atoms with Crippen molar-refractivity contribution in [3.63, 3.8) is 0 Å². The predicted octanol–water partition coefficient (Wildman–Crippen LogP) is 2.56. The minimum Gasteiger partial charge on any atom is -0.491 e. The maximum absolute atomic E-state index is 11.7. The molecule has 112 valence electrons. The summed E-state index contributed by atoms with van der Waals surface area (Å²) < 4.78 is 10.9. The average molecular weight is 279 g/mol. The molecule has 0 saturated carbocycles. The fourth-order valence-electron chi connectivity index (χ4n) is 1.85. The first-order valence-electron chi connectivity index (χ1n) is 7.17. The Morgan fingerprint density at radius 1 is 1.30 bits per heavy atom. The molecule has 0 spiro atoms. The number of carbonyl (C=O) groups excluding carboxylic acids is 1. The lowest BCUT2D eigenvalue weighted by molar-refractivity contribution is -0.131. The van der Waals surface area contributed by atoms with E-state index in [1.165, 1.54) is 0 Å². The molecule has 1 atom stereocenters. The van der Waals surface area contributed by atoms with E-state index < -0.39 is 6.10 Å². The number of rotatable bonds is 8. The van der Waals surface area contributed by atoms with E-state index in [0.717, 1.165) is 17.7 Å². The Kier molecular flexibility index (Phi) is 7.09. The lowest BCUT2D eigenvalue weighted by Crippen LogP contribution is -2.35. The topological polar surface area (TPSA) is 47.6 Å². The second-order valence-corrected chi connectivity index (χ2v) is 4.95. The van der Waals surface area contributed by atoms with Crippen molar-refractivity contribution in [3.05, 3.63) is 29.8 Å².